The van der Waals surface area contributed by atoms with Gasteiger partial charge in [-0.15, -0.1) is 11.8 Å². The van der Waals surface area contributed by atoms with Crippen molar-refractivity contribution < 1.29 is 24.2 Å². The summed E-state index contributed by atoms with van der Waals surface area (Å²) in [5.41, 5.74) is 2.81. The van der Waals surface area contributed by atoms with Crippen LogP contribution in [0.4, 0.5) is 5.69 Å². The average molecular weight is 539 g/mol. The lowest BCUT2D eigenvalue weighted by Gasteiger charge is -2.41. The van der Waals surface area contributed by atoms with Crippen molar-refractivity contribution in [2.45, 2.75) is 69.0 Å². The van der Waals surface area contributed by atoms with Gasteiger partial charge in [0.1, 0.15) is 6.04 Å². The second-order valence-corrected chi connectivity index (χ2v) is 13.1. The van der Waals surface area contributed by atoms with Gasteiger partial charge >= 0.3 is 5.97 Å². The molecule has 1 spiro atoms. The number of hydrogen-bond donors (Lipinski definition) is 1. The Morgan fingerprint density at radius 2 is 1.82 bits per heavy atom. The minimum atomic E-state index is -0.965. The van der Waals surface area contributed by atoms with Crippen molar-refractivity contribution in [3.05, 3.63) is 53.6 Å². The summed E-state index contributed by atoms with van der Waals surface area (Å²) in [5, 5.41) is 10.6. The van der Waals surface area contributed by atoms with Crippen molar-refractivity contribution in [1.82, 2.24) is 4.90 Å². The van der Waals surface area contributed by atoms with Crippen LogP contribution in [-0.4, -0.2) is 69.1 Å². The number of ether oxygens (including phenoxy) is 1. The molecular weight excluding hydrogens is 500 g/mol. The van der Waals surface area contributed by atoms with E-state index < -0.39 is 33.4 Å². The molecule has 2 amide bonds. The van der Waals surface area contributed by atoms with Crippen LogP contribution in [0.15, 0.2) is 42.5 Å². The molecule has 4 aliphatic rings. The SMILES string of the molecule is CC[C@H](C)[C@H](CO)N1C(=O)[C@@H]2[C@H]3C(=O)OCCC=C[C@@]3(C)S[C@@]23C=CCN(c2c(C)cccc2C)C(=O)C13. The summed E-state index contributed by atoms with van der Waals surface area (Å²) in [7, 11) is 0. The first-order valence-electron chi connectivity index (χ1n) is 13.6. The fourth-order valence-corrected chi connectivity index (χ4v) is 9.17. The van der Waals surface area contributed by atoms with Gasteiger partial charge in [0.25, 0.3) is 5.91 Å². The number of amides is 2. The van der Waals surface area contributed by atoms with Crippen molar-refractivity contribution in [3.63, 3.8) is 0 Å². The summed E-state index contributed by atoms with van der Waals surface area (Å²) in [6.07, 6.45) is 9.40. The van der Waals surface area contributed by atoms with Crippen LogP contribution < -0.4 is 4.90 Å². The molecule has 2 fully saturated rings. The monoisotopic (exact) mass is 538 g/mol. The minimum absolute atomic E-state index is 0.0333. The van der Waals surface area contributed by atoms with Crippen molar-refractivity contribution in [3.8, 4) is 0 Å². The number of hydrogen-bond acceptors (Lipinski definition) is 6. The fourth-order valence-electron chi connectivity index (χ4n) is 7.03. The first-order chi connectivity index (χ1) is 18.1. The van der Waals surface area contributed by atoms with Crippen LogP contribution in [0.1, 0.15) is 44.7 Å². The molecule has 0 aliphatic carbocycles. The Morgan fingerprint density at radius 3 is 2.47 bits per heavy atom. The van der Waals surface area contributed by atoms with Gasteiger partial charge in [-0.1, -0.05) is 62.8 Å². The summed E-state index contributed by atoms with van der Waals surface area (Å²) in [4.78, 5) is 46.2. The number of para-hydroxylation sites is 1. The van der Waals surface area contributed by atoms with Crippen LogP contribution in [0.25, 0.3) is 0 Å². The number of nitrogens with zero attached hydrogens (tertiary/aromatic N) is 2. The Hall–Kier alpha value is -2.58. The number of thioether (sulfide) groups is 1. The third kappa shape index (κ3) is 3.86. The third-order valence-corrected chi connectivity index (χ3v) is 10.8. The van der Waals surface area contributed by atoms with Crippen molar-refractivity contribution >= 4 is 35.2 Å². The van der Waals surface area contributed by atoms with Gasteiger partial charge in [-0.25, -0.2) is 0 Å². The average Bonchev–Trinajstić information content (AvgIpc) is 3.19. The molecule has 0 aromatic heterocycles. The number of rotatable bonds is 5. The maximum Gasteiger partial charge on any atom is 0.311 e. The Balaban J connectivity index is 1.72. The largest absolute Gasteiger partial charge is 0.465 e. The van der Waals surface area contributed by atoms with Gasteiger partial charge in [-0.3, -0.25) is 14.4 Å². The maximum atomic E-state index is 14.7. The molecule has 38 heavy (non-hydrogen) atoms. The fraction of sp³-hybridized carbons (Fsp3) is 0.567. The molecule has 1 N–H and O–H groups in total. The predicted octanol–water partition coefficient (Wildman–Crippen LogP) is 3.80. The van der Waals surface area contributed by atoms with Crippen molar-refractivity contribution in [1.29, 1.82) is 0 Å². The third-order valence-electron chi connectivity index (χ3n) is 9.01. The summed E-state index contributed by atoms with van der Waals surface area (Å²) < 4.78 is 3.95. The second kappa shape index (κ2) is 9.87. The van der Waals surface area contributed by atoms with E-state index in [9.17, 15) is 19.5 Å². The number of cyclic esters (lactones) is 1. The first kappa shape index (κ1) is 27.0. The molecule has 0 radical (unpaired) electrons. The van der Waals surface area contributed by atoms with Crippen LogP contribution in [0.5, 0.6) is 0 Å². The molecule has 0 saturated carbocycles. The number of anilines is 1. The molecule has 4 aliphatic heterocycles. The summed E-state index contributed by atoms with van der Waals surface area (Å²) in [5.74, 6) is -2.34. The van der Waals surface area contributed by atoms with E-state index in [0.717, 1.165) is 23.2 Å². The van der Waals surface area contributed by atoms with E-state index in [0.29, 0.717) is 13.0 Å². The highest BCUT2D eigenvalue weighted by atomic mass is 32.2. The van der Waals surface area contributed by atoms with Gasteiger partial charge in [0.05, 0.1) is 35.8 Å². The normalized spacial score (nSPS) is 34.2. The van der Waals surface area contributed by atoms with E-state index in [-0.39, 0.29) is 36.9 Å². The van der Waals surface area contributed by atoms with Gasteiger partial charge in [0.2, 0.25) is 5.91 Å². The van der Waals surface area contributed by atoms with E-state index in [1.807, 2.05) is 77.1 Å². The van der Waals surface area contributed by atoms with E-state index in [1.54, 1.807) is 9.80 Å². The summed E-state index contributed by atoms with van der Waals surface area (Å²) >= 11 is 1.54. The maximum absolute atomic E-state index is 14.7. The number of carbonyl (C=O) groups excluding carboxylic acids is 3. The second-order valence-electron chi connectivity index (χ2n) is 11.3. The van der Waals surface area contributed by atoms with Crippen LogP contribution >= 0.6 is 11.8 Å². The molecule has 1 aromatic rings. The minimum Gasteiger partial charge on any atom is -0.465 e. The molecule has 2 saturated heterocycles. The number of esters is 1. The van der Waals surface area contributed by atoms with E-state index in [4.69, 9.17) is 4.74 Å². The zero-order valence-electron chi connectivity index (χ0n) is 22.8. The quantitative estimate of drug-likeness (QED) is 0.453. The number of aliphatic hydroxyl groups excluding tert-OH is 1. The lowest BCUT2D eigenvalue weighted by molar-refractivity contribution is -0.155. The number of benzene rings is 1. The zero-order chi connectivity index (χ0) is 27.4. The van der Waals surface area contributed by atoms with Gasteiger partial charge in [-0.05, 0) is 44.2 Å². The molecule has 204 valence electrons. The topological polar surface area (TPSA) is 87.2 Å². The standard InChI is InChI=1S/C30H38N2O5S/c1-6-18(2)21(17-33)32-25-27(35)31(24-19(3)11-9-12-20(24)4)15-10-14-30(25)22(26(32)34)23-28(36)37-16-8-7-13-29(23,5)38-30/h7,9-14,18,21-23,25,33H,6,8,15-17H2,1-5H3/t18-,21-,22-,23-,25?,29+,30-/m0/s1. The van der Waals surface area contributed by atoms with Crippen LogP contribution in [0.2, 0.25) is 0 Å². The molecule has 0 bridgehead atoms. The van der Waals surface area contributed by atoms with Crippen molar-refractivity contribution in [2.24, 2.45) is 17.8 Å². The Bertz CT molecular complexity index is 1190. The van der Waals surface area contributed by atoms with Gasteiger partial charge in [0.15, 0.2) is 0 Å². The van der Waals surface area contributed by atoms with Gasteiger partial charge in [0, 0.05) is 17.0 Å². The van der Waals surface area contributed by atoms with E-state index >= 15 is 0 Å². The molecule has 7 nitrogen and oxygen atoms in total. The van der Waals surface area contributed by atoms with E-state index in [1.165, 1.54) is 11.8 Å². The zero-order valence-corrected chi connectivity index (χ0v) is 23.7. The summed E-state index contributed by atoms with van der Waals surface area (Å²) in [6.45, 7) is 10.4. The molecule has 1 unspecified atom stereocenters. The van der Waals surface area contributed by atoms with Gasteiger partial charge < -0.3 is 19.6 Å². The smallest absolute Gasteiger partial charge is 0.311 e. The first-order valence-corrected chi connectivity index (χ1v) is 14.5. The van der Waals surface area contributed by atoms with Gasteiger partial charge in [-0.2, -0.15) is 0 Å². The molecule has 1 aromatic carbocycles. The molecule has 5 rings (SSSR count). The molecule has 8 heteroatoms. The number of carbonyl (C=O) groups is 3. The summed E-state index contributed by atoms with van der Waals surface area (Å²) in [6, 6.07) is 4.55. The predicted molar refractivity (Wildman–Crippen MR) is 149 cm³/mol. The highest BCUT2D eigenvalue weighted by Gasteiger charge is 2.74. The highest BCUT2D eigenvalue weighted by Crippen LogP contribution is 2.65. The van der Waals surface area contributed by atoms with Crippen LogP contribution in [0, 0.1) is 31.6 Å². The Morgan fingerprint density at radius 1 is 1.11 bits per heavy atom. The molecule has 7 atom stereocenters. The number of fused-ring (bicyclic) bond motifs is 2. The number of likely N-dealkylation sites (tertiary alicyclic amines) is 1. The highest BCUT2D eigenvalue weighted by molar-refractivity contribution is 8.02. The van der Waals surface area contributed by atoms with Crippen LogP contribution in [-0.2, 0) is 19.1 Å². The Kier molecular flexibility index (Phi) is 7.01. The number of aliphatic hydroxyl groups is 1. The van der Waals surface area contributed by atoms with Crippen molar-refractivity contribution in [2.75, 3.05) is 24.7 Å². The molecule has 4 heterocycles. The molecular formula is C30H38N2O5S. The van der Waals surface area contributed by atoms with Crippen LogP contribution in [0.3, 0.4) is 0 Å². The lowest BCUT2D eigenvalue weighted by atomic mass is 9.74. The van der Waals surface area contributed by atoms with E-state index in [2.05, 4.69) is 0 Å². The Labute approximate surface area is 229 Å². The lowest BCUT2D eigenvalue weighted by Crippen LogP contribution is -2.58. The number of aryl methyl sites for hydroxylation is 2.